The Balaban J connectivity index is 1.48. The van der Waals surface area contributed by atoms with Gasteiger partial charge in [0.05, 0.1) is 0 Å². The predicted octanol–water partition coefficient (Wildman–Crippen LogP) is 3.28. The molecule has 0 spiro atoms. The zero-order valence-electron chi connectivity index (χ0n) is 15.9. The van der Waals surface area contributed by atoms with Crippen LogP contribution in [0.1, 0.15) is 18.4 Å². The highest BCUT2D eigenvalue weighted by molar-refractivity contribution is 5.94. The smallest absolute Gasteiger partial charge is 0.260 e. The summed E-state index contributed by atoms with van der Waals surface area (Å²) in [6.07, 6.45) is 1.37. The summed E-state index contributed by atoms with van der Waals surface area (Å²) in [5.41, 5.74) is 2.07. The van der Waals surface area contributed by atoms with E-state index in [-0.39, 0.29) is 24.3 Å². The number of anilines is 1. The molecule has 1 aliphatic rings. The standard InChI is InChI=1S/C22H26N2O3/c1-17-8-10-19(11-9-17)23(2)22(26)18-12-14-24(15-13-18)21(25)16-27-20-6-4-3-5-7-20/h3-11,18H,12-16H2,1-2H3. The molecule has 27 heavy (non-hydrogen) atoms. The van der Waals surface area contributed by atoms with Gasteiger partial charge in [-0.25, -0.2) is 0 Å². The molecule has 3 rings (SSSR count). The van der Waals surface area contributed by atoms with Crippen molar-refractivity contribution >= 4 is 17.5 Å². The monoisotopic (exact) mass is 366 g/mol. The number of para-hydroxylation sites is 1. The molecule has 0 N–H and O–H groups in total. The van der Waals surface area contributed by atoms with Crippen molar-refractivity contribution < 1.29 is 14.3 Å². The number of likely N-dealkylation sites (tertiary alicyclic amines) is 1. The fourth-order valence-corrected chi connectivity index (χ4v) is 3.30. The molecule has 0 atom stereocenters. The zero-order chi connectivity index (χ0) is 19.2. The van der Waals surface area contributed by atoms with Gasteiger partial charge in [0, 0.05) is 31.7 Å². The molecule has 0 unspecified atom stereocenters. The number of benzene rings is 2. The molecule has 2 aromatic carbocycles. The topological polar surface area (TPSA) is 49.9 Å². The molecule has 0 aromatic heterocycles. The van der Waals surface area contributed by atoms with E-state index in [0.29, 0.717) is 31.7 Å². The number of hydrogen-bond donors (Lipinski definition) is 0. The van der Waals surface area contributed by atoms with Crippen LogP contribution in [0.3, 0.4) is 0 Å². The van der Waals surface area contributed by atoms with Gasteiger partial charge in [-0.15, -0.1) is 0 Å². The van der Waals surface area contributed by atoms with Gasteiger partial charge >= 0.3 is 0 Å². The number of ether oxygens (including phenoxy) is 1. The lowest BCUT2D eigenvalue weighted by Gasteiger charge is -2.33. The molecular weight excluding hydrogens is 340 g/mol. The molecule has 0 radical (unpaired) electrons. The van der Waals surface area contributed by atoms with Crippen molar-refractivity contribution in [1.82, 2.24) is 4.90 Å². The SMILES string of the molecule is Cc1ccc(N(C)C(=O)C2CCN(C(=O)COc3ccccc3)CC2)cc1. The summed E-state index contributed by atoms with van der Waals surface area (Å²) in [7, 11) is 1.82. The van der Waals surface area contributed by atoms with Crippen LogP contribution in [0.5, 0.6) is 5.75 Å². The molecule has 0 aliphatic carbocycles. The number of rotatable bonds is 5. The quantitative estimate of drug-likeness (QED) is 0.816. The number of hydrogen-bond acceptors (Lipinski definition) is 3. The third-order valence-corrected chi connectivity index (χ3v) is 5.05. The van der Waals surface area contributed by atoms with Crippen LogP contribution in [0.2, 0.25) is 0 Å². The maximum Gasteiger partial charge on any atom is 0.260 e. The van der Waals surface area contributed by atoms with Crippen molar-refractivity contribution in [1.29, 1.82) is 0 Å². The van der Waals surface area contributed by atoms with Gasteiger partial charge in [0.15, 0.2) is 6.61 Å². The van der Waals surface area contributed by atoms with Gasteiger partial charge < -0.3 is 14.5 Å². The Hall–Kier alpha value is -2.82. The summed E-state index contributed by atoms with van der Waals surface area (Å²) in [6, 6.07) is 17.3. The fraction of sp³-hybridized carbons (Fsp3) is 0.364. The summed E-state index contributed by atoms with van der Waals surface area (Å²) in [4.78, 5) is 28.6. The van der Waals surface area contributed by atoms with Gasteiger partial charge in [-0.2, -0.15) is 0 Å². The van der Waals surface area contributed by atoms with Crippen molar-refractivity contribution in [3.8, 4) is 5.75 Å². The first-order chi connectivity index (χ1) is 13.0. The maximum atomic E-state index is 12.8. The van der Waals surface area contributed by atoms with Gasteiger partial charge in [0.2, 0.25) is 5.91 Å². The summed E-state index contributed by atoms with van der Waals surface area (Å²) in [5, 5.41) is 0. The van der Waals surface area contributed by atoms with Gasteiger partial charge in [-0.3, -0.25) is 9.59 Å². The van der Waals surface area contributed by atoms with E-state index in [1.807, 2.05) is 68.6 Å². The van der Waals surface area contributed by atoms with E-state index in [9.17, 15) is 9.59 Å². The predicted molar refractivity (Wildman–Crippen MR) is 106 cm³/mol. The normalized spacial score (nSPS) is 14.7. The van der Waals surface area contributed by atoms with Gasteiger partial charge in [0.25, 0.3) is 5.91 Å². The Morgan fingerprint density at radius 1 is 1.04 bits per heavy atom. The van der Waals surface area contributed by atoms with Crippen LogP contribution < -0.4 is 9.64 Å². The number of amides is 2. The van der Waals surface area contributed by atoms with Crippen molar-refractivity contribution in [3.63, 3.8) is 0 Å². The Kier molecular flexibility index (Phi) is 6.12. The van der Waals surface area contributed by atoms with Crippen LogP contribution in [-0.2, 0) is 9.59 Å². The highest BCUT2D eigenvalue weighted by Gasteiger charge is 2.29. The average Bonchev–Trinajstić information content (AvgIpc) is 2.72. The molecule has 0 bridgehead atoms. The largest absolute Gasteiger partial charge is 0.484 e. The van der Waals surface area contributed by atoms with Crippen LogP contribution in [0.4, 0.5) is 5.69 Å². The van der Waals surface area contributed by atoms with Crippen LogP contribution >= 0.6 is 0 Å². The summed E-state index contributed by atoms with van der Waals surface area (Å²) in [6.45, 7) is 3.25. The number of nitrogens with zero attached hydrogens (tertiary/aromatic N) is 2. The second-order valence-corrected chi connectivity index (χ2v) is 6.99. The lowest BCUT2D eigenvalue weighted by Crippen LogP contribution is -2.45. The maximum absolute atomic E-state index is 12.8. The molecule has 2 amide bonds. The second kappa shape index (κ2) is 8.71. The number of carbonyl (C=O) groups excluding carboxylic acids is 2. The lowest BCUT2D eigenvalue weighted by atomic mass is 9.95. The Morgan fingerprint density at radius 3 is 2.30 bits per heavy atom. The van der Waals surface area contributed by atoms with Crippen LogP contribution in [0, 0.1) is 12.8 Å². The fourth-order valence-electron chi connectivity index (χ4n) is 3.30. The lowest BCUT2D eigenvalue weighted by molar-refractivity contribution is -0.136. The molecule has 0 saturated carbocycles. The molecule has 1 fully saturated rings. The van der Waals surface area contributed by atoms with E-state index >= 15 is 0 Å². The Morgan fingerprint density at radius 2 is 1.67 bits per heavy atom. The highest BCUT2D eigenvalue weighted by atomic mass is 16.5. The van der Waals surface area contributed by atoms with Crippen LogP contribution in [0.25, 0.3) is 0 Å². The molecule has 5 heteroatoms. The minimum absolute atomic E-state index is 0.0309. The van der Waals surface area contributed by atoms with Crippen molar-refractivity contribution in [2.24, 2.45) is 5.92 Å². The first-order valence-corrected chi connectivity index (χ1v) is 9.34. The number of carbonyl (C=O) groups is 2. The van der Waals surface area contributed by atoms with Gasteiger partial charge in [-0.05, 0) is 44.0 Å². The van der Waals surface area contributed by atoms with E-state index in [2.05, 4.69) is 0 Å². The molecule has 142 valence electrons. The van der Waals surface area contributed by atoms with Gasteiger partial charge in [-0.1, -0.05) is 35.9 Å². The number of piperidine rings is 1. The molecule has 5 nitrogen and oxygen atoms in total. The first kappa shape index (κ1) is 19.0. The first-order valence-electron chi connectivity index (χ1n) is 9.34. The Labute approximate surface area is 160 Å². The van der Waals surface area contributed by atoms with Crippen LogP contribution in [0.15, 0.2) is 54.6 Å². The van der Waals surface area contributed by atoms with Crippen molar-refractivity contribution in [2.45, 2.75) is 19.8 Å². The summed E-state index contributed by atoms with van der Waals surface area (Å²) >= 11 is 0. The number of aryl methyl sites for hydroxylation is 1. The Bertz CT molecular complexity index is 766. The molecular formula is C22H26N2O3. The van der Waals surface area contributed by atoms with E-state index in [0.717, 1.165) is 5.69 Å². The van der Waals surface area contributed by atoms with Crippen molar-refractivity contribution in [3.05, 3.63) is 60.2 Å². The van der Waals surface area contributed by atoms with E-state index in [4.69, 9.17) is 4.74 Å². The zero-order valence-corrected chi connectivity index (χ0v) is 15.9. The summed E-state index contributed by atoms with van der Waals surface area (Å²) in [5.74, 6) is 0.731. The van der Waals surface area contributed by atoms with Crippen molar-refractivity contribution in [2.75, 3.05) is 31.6 Å². The van der Waals surface area contributed by atoms with E-state index in [1.165, 1.54) is 5.56 Å². The van der Waals surface area contributed by atoms with Gasteiger partial charge in [0.1, 0.15) is 5.75 Å². The van der Waals surface area contributed by atoms with Crippen LogP contribution in [-0.4, -0.2) is 43.5 Å². The third-order valence-electron chi connectivity index (χ3n) is 5.05. The van der Waals surface area contributed by atoms with E-state index < -0.39 is 0 Å². The minimum Gasteiger partial charge on any atom is -0.484 e. The third kappa shape index (κ3) is 4.88. The average molecular weight is 366 g/mol. The molecule has 1 aliphatic heterocycles. The highest BCUT2D eigenvalue weighted by Crippen LogP contribution is 2.23. The molecule has 1 heterocycles. The minimum atomic E-state index is -0.0459. The second-order valence-electron chi connectivity index (χ2n) is 6.99. The van der Waals surface area contributed by atoms with E-state index in [1.54, 1.807) is 9.80 Å². The summed E-state index contributed by atoms with van der Waals surface area (Å²) < 4.78 is 5.53. The molecule has 1 saturated heterocycles. The molecule has 2 aromatic rings.